The molecule has 1 aromatic heterocycles. The first kappa shape index (κ1) is 17.3. The number of carbonyl (C=O) groups is 2. The number of amides is 1. The molecular formula is C16H25N3O4. The van der Waals surface area contributed by atoms with E-state index in [0.717, 1.165) is 11.3 Å². The minimum atomic E-state index is -0.556. The fraction of sp³-hybridized carbons (Fsp3) is 0.688. The topological polar surface area (TPSA) is 73.7 Å². The molecule has 0 radical (unpaired) electrons. The van der Waals surface area contributed by atoms with E-state index < -0.39 is 11.6 Å². The van der Waals surface area contributed by atoms with Crippen LogP contribution in [0.1, 0.15) is 62.3 Å². The van der Waals surface area contributed by atoms with Gasteiger partial charge in [-0.05, 0) is 27.7 Å². The van der Waals surface area contributed by atoms with Gasteiger partial charge < -0.3 is 14.4 Å². The molecule has 0 saturated carbocycles. The summed E-state index contributed by atoms with van der Waals surface area (Å²) < 4.78 is 12.2. The maximum absolute atomic E-state index is 12.3. The summed E-state index contributed by atoms with van der Waals surface area (Å²) in [5, 5.41) is 4.29. The average molecular weight is 323 g/mol. The van der Waals surface area contributed by atoms with Crippen molar-refractivity contribution in [3.63, 3.8) is 0 Å². The van der Waals surface area contributed by atoms with Crippen molar-refractivity contribution >= 4 is 12.1 Å². The number of esters is 1. The zero-order valence-corrected chi connectivity index (χ0v) is 14.7. The summed E-state index contributed by atoms with van der Waals surface area (Å²) in [5.74, 6) is -0.394. The largest absolute Gasteiger partial charge is 0.461 e. The minimum Gasteiger partial charge on any atom is -0.461 e. The van der Waals surface area contributed by atoms with Crippen molar-refractivity contribution in [2.24, 2.45) is 7.05 Å². The molecule has 0 saturated heterocycles. The van der Waals surface area contributed by atoms with Crippen LogP contribution < -0.4 is 0 Å². The third kappa shape index (κ3) is 3.65. The second kappa shape index (κ2) is 6.22. The van der Waals surface area contributed by atoms with Gasteiger partial charge in [-0.2, -0.15) is 5.10 Å². The molecule has 1 amide bonds. The Labute approximate surface area is 136 Å². The summed E-state index contributed by atoms with van der Waals surface area (Å²) in [5.41, 5.74) is 1.44. The summed E-state index contributed by atoms with van der Waals surface area (Å²) in [4.78, 5) is 26.1. The fourth-order valence-electron chi connectivity index (χ4n) is 2.85. The number of aromatic nitrogens is 2. The monoisotopic (exact) mass is 323 g/mol. The van der Waals surface area contributed by atoms with E-state index in [1.54, 1.807) is 23.6 Å². The second-order valence-corrected chi connectivity index (χ2v) is 6.82. The maximum Gasteiger partial charge on any atom is 0.410 e. The lowest BCUT2D eigenvalue weighted by molar-refractivity contribution is 0.0203. The van der Waals surface area contributed by atoms with E-state index in [1.807, 2.05) is 27.7 Å². The van der Waals surface area contributed by atoms with Gasteiger partial charge in [0.1, 0.15) is 5.60 Å². The van der Waals surface area contributed by atoms with Crippen LogP contribution in [0.15, 0.2) is 0 Å². The molecule has 23 heavy (non-hydrogen) atoms. The Morgan fingerprint density at radius 3 is 2.57 bits per heavy atom. The molecule has 1 aliphatic heterocycles. The first-order valence-corrected chi connectivity index (χ1v) is 7.84. The molecule has 0 unspecified atom stereocenters. The van der Waals surface area contributed by atoms with Crippen LogP contribution in [0.2, 0.25) is 0 Å². The number of hydrogen-bond donors (Lipinski definition) is 0. The van der Waals surface area contributed by atoms with Gasteiger partial charge in [0.2, 0.25) is 0 Å². The Hall–Kier alpha value is -2.05. The van der Waals surface area contributed by atoms with Crippen molar-refractivity contribution in [2.75, 3.05) is 13.2 Å². The molecule has 7 heteroatoms. The Bertz CT molecular complexity index is 616. The van der Waals surface area contributed by atoms with Gasteiger partial charge in [-0.1, -0.05) is 6.92 Å². The molecule has 1 aromatic rings. The number of nitrogens with zero attached hydrogens (tertiary/aromatic N) is 3. The zero-order valence-electron chi connectivity index (χ0n) is 14.7. The molecule has 0 fully saturated rings. The normalized spacial score (nSPS) is 17.7. The third-order valence-electron chi connectivity index (χ3n) is 3.62. The highest BCUT2D eigenvalue weighted by molar-refractivity contribution is 5.89. The number of rotatable bonds is 2. The van der Waals surface area contributed by atoms with E-state index in [2.05, 4.69) is 5.10 Å². The fourth-order valence-corrected chi connectivity index (χ4v) is 2.85. The van der Waals surface area contributed by atoms with Gasteiger partial charge in [0, 0.05) is 30.8 Å². The van der Waals surface area contributed by atoms with Crippen molar-refractivity contribution in [1.82, 2.24) is 14.7 Å². The van der Waals surface area contributed by atoms with Crippen LogP contribution in [0.5, 0.6) is 0 Å². The average Bonchev–Trinajstić information content (AvgIpc) is 2.75. The van der Waals surface area contributed by atoms with Gasteiger partial charge in [0.05, 0.1) is 13.2 Å². The Morgan fingerprint density at radius 2 is 2.00 bits per heavy atom. The Balaban J connectivity index is 2.30. The highest BCUT2D eigenvalue weighted by Crippen LogP contribution is 2.31. The predicted octanol–water partition coefficient (Wildman–Crippen LogP) is 2.45. The van der Waals surface area contributed by atoms with Crippen molar-refractivity contribution < 1.29 is 19.1 Å². The van der Waals surface area contributed by atoms with Crippen LogP contribution in [0.4, 0.5) is 4.79 Å². The van der Waals surface area contributed by atoms with E-state index in [-0.39, 0.29) is 24.3 Å². The second-order valence-electron chi connectivity index (χ2n) is 6.82. The van der Waals surface area contributed by atoms with E-state index >= 15 is 0 Å². The van der Waals surface area contributed by atoms with Gasteiger partial charge >= 0.3 is 12.1 Å². The third-order valence-corrected chi connectivity index (χ3v) is 3.62. The summed E-state index contributed by atoms with van der Waals surface area (Å²) in [7, 11) is 1.81. The molecule has 1 atom stereocenters. The quantitative estimate of drug-likeness (QED) is 0.782. The molecule has 2 heterocycles. The number of fused-ring (bicyclic) bond motifs is 1. The summed E-state index contributed by atoms with van der Waals surface area (Å²) >= 11 is 0. The lowest BCUT2D eigenvalue weighted by Gasteiger charge is -2.33. The molecule has 0 aliphatic carbocycles. The SMILES string of the molecule is CCOC(=O)c1nn(C)c2c1CN(C(=O)OC(C)(C)C)C[C@H]2C. The van der Waals surface area contributed by atoms with Crippen molar-refractivity contribution in [2.45, 2.75) is 52.7 Å². The molecule has 128 valence electrons. The molecule has 1 aliphatic rings. The van der Waals surface area contributed by atoms with Crippen molar-refractivity contribution in [3.8, 4) is 0 Å². The zero-order chi connectivity index (χ0) is 17.4. The van der Waals surface area contributed by atoms with Crippen molar-refractivity contribution in [1.29, 1.82) is 0 Å². The molecule has 2 rings (SSSR count). The summed E-state index contributed by atoms with van der Waals surface area (Å²) in [6.07, 6.45) is -0.381. The lowest BCUT2D eigenvalue weighted by atomic mass is 9.96. The minimum absolute atomic E-state index is 0.0620. The Morgan fingerprint density at radius 1 is 1.35 bits per heavy atom. The van der Waals surface area contributed by atoms with Crippen LogP contribution in [-0.2, 0) is 23.1 Å². The van der Waals surface area contributed by atoms with E-state index in [4.69, 9.17) is 9.47 Å². The Kier molecular flexibility index (Phi) is 4.68. The van der Waals surface area contributed by atoms with Gasteiger partial charge in [-0.15, -0.1) is 0 Å². The van der Waals surface area contributed by atoms with Crippen LogP contribution in [-0.4, -0.2) is 45.5 Å². The molecule has 0 N–H and O–H groups in total. The molecule has 7 nitrogen and oxygen atoms in total. The number of hydrogen-bond acceptors (Lipinski definition) is 5. The first-order valence-electron chi connectivity index (χ1n) is 7.84. The summed E-state index contributed by atoms with van der Waals surface area (Å²) in [6.45, 7) is 10.4. The molecular weight excluding hydrogens is 298 g/mol. The molecule has 0 bridgehead atoms. The van der Waals surface area contributed by atoms with Gasteiger partial charge in [0.15, 0.2) is 5.69 Å². The number of aryl methyl sites for hydroxylation is 1. The van der Waals surface area contributed by atoms with E-state index in [9.17, 15) is 9.59 Å². The molecule has 0 aromatic carbocycles. The maximum atomic E-state index is 12.3. The number of carbonyl (C=O) groups excluding carboxylic acids is 2. The van der Waals surface area contributed by atoms with Crippen LogP contribution >= 0.6 is 0 Å². The van der Waals surface area contributed by atoms with E-state index in [1.165, 1.54) is 0 Å². The van der Waals surface area contributed by atoms with Gasteiger partial charge in [0.25, 0.3) is 0 Å². The lowest BCUT2D eigenvalue weighted by Crippen LogP contribution is -2.41. The van der Waals surface area contributed by atoms with Crippen LogP contribution in [0.3, 0.4) is 0 Å². The highest BCUT2D eigenvalue weighted by Gasteiger charge is 2.35. The smallest absolute Gasteiger partial charge is 0.410 e. The predicted molar refractivity (Wildman–Crippen MR) is 84.2 cm³/mol. The highest BCUT2D eigenvalue weighted by atomic mass is 16.6. The first-order chi connectivity index (χ1) is 10.6. The van der Waals surface area contributed by atoms with Crippen LogP contribution in [0, 0.1) is 0 Å². The van der Waals surface area contributed by atoms with Gasteiger partial charge in [-0.3, -0.25) is 4.68 Å². The summed E-state index contributed by atoms with van der Waals surface area (Å²) in [6, 6.07) is 0. The van der Waals surface area contributed by atoms with Crippen LogP contribution in [0.25, 0.3) is 0 Å². The molecule has 0 spiro atoms. The van der Waals surface area contributed by atoms with Gasteiger partial charge in [-0.25, -0.2) is 9.59 Å². The standard InChI is InChI=1S/C16H25N3O4/c1-7-22-14(20)12-11-9-19(15(21)23-16(3,4)5)8-10(2)13(11)18(6)17-12/h10H,7-9H2,1-6H3/t10-/m1/s1. The number of ether oxygens (including phenoxy) is 2. The van der Waals surface area contributed by atoms with Crippen molar-refractivity contribution in [3.05, 3.63) is 17.0 Å². The van der Waals surface area contributed by atoms with E-state index in [0.29, 0.717) is 13.1 Å².